The molecule has 0 saturated carbocycles. The van der Waals surface area contributed by atoms with Gasteiger partial charge in [-0.15, -0.1) is 0 Å². The minimum Gasteiger partial charge on any atom is -0.456 e. The third-order valence-electron chi connectivity index (χ3n) is 12.7. The van der Waals surface area contributed by atoms with Crippen molar-refractivity contribution < 1.29 is 4.74 Å². The van der Waals surface area contributed by atoms with Gasteiger partial charge >= 0.3 is 0 Å². The molecule has 61 heavy (non-hydrogen) atoms. The van der Waals surface area contributed by atoms with Crippen LogP contribution in [0.3, 0.4) is 0 Å². The summed E-state index contributed by atoms with van der Waals surface area (Å²) >= 11 is 0. The van der Waals surface area contributed by atoms with Gasteiger partial charge < -0.3 is 13.9 Å². The lowest BCUT2D eigenvalue weighted by Crippen LogP contribution is -1.99. The zero-order valence-corrected chi connectivity index (χ0v) is 33.1. The summed E-state index contributed by atoms with van der Waals surface area (Å²) in [6.07, 6.45) is 0. The summed E-state index contributed by atoms with van der Waals surface area (Å²) in [7, 11) is 0. The van der Waals surface area contributed by atoms with Gasteiger partial charge in [0.25, 0.3) is 0 Å². The first-order chi connectivity index (χ1) is 30.2. The normalized spacial score (nSPS) is 12.1. The quantitative estimate of drug-likeness (QED) is 0.170. The van der Waals surface area contributed by atoms with Crippen molar-refractivity contribution in [2.45, 2.75) is 0 Å². The van der Waals surface area contributed by atoms with E-state index in [0.717, 1.165) is 50.5 Å². The molecule has 3 heterocycles. The number of hydrogen-bond donors (Lipinski definition) is 0. The number of aromatic nitrogens is 2. The van der Waals surface area contributed by atoms with Crippen LogP contribution >= 0.6 is 0 Å². The van der Waals surface area contributed by atoms with Crippen molar-refractivity contribution in [3.05, 3.63) is 218 Å². The molecule has 0 N–H and O–H groups in total. The number of nitrogens with zero attached hydrogens (tertiary/aromatic N) is 2. The van der Waals surface area contributed by atoms with E-state index in [-0.39, 0.29) is 0 Å². The molecule has 0 spiro atoms. The van der Waals surface area contributed by atoms with Gasteiger partial charge in [-0.25, -0.2) is 0 Å². The van der Waals surface area contributed by atoms with Crippen LogP contribution in [0.1, 0.15) is 0 Å². The fraction of sp³-hybridized carbons (Fsp3) is 0. The molecule has 0 aliphatic carbocycles. The molecule has 0 unspecified atom stereocenters. The number of fused-ring (bicyclic) bond motifs is 9. The summed E-state index contributed by atoms with van der Waals surface area (Å²) in [6, 6.07) is 79.0. The van der Waals surface area contributed by atoms with Gasteiger partial charge in [-0.05, 0) is 111 Å². The van der Waals surface area contributed by atoms with Crippen molar-refractivity contribution in [2.24, 2.45) is 0 Å². The van der Waals surface area contributed by atoms with Gasteiger partial charge in [0.1, 0.15) is 11.5 Å². The molecule has 284 valence electrons. The van der Waals surface area contributed by atoms with Gasteiger partial charge in [-0.1, -0.05) is 146 Å². The molecule has 3 heteroatoms. The average molecular weight is 777 g/mol. The summed E-state index contributed by atoms with van der Waals surface area (Å²) in [5, 5.41) is 7.34. The highest BCUT2D eigenvalue weighted by atomic mass is 16.5. The van der Waals surface area contributed by atoms with E-state index < -0.39 is 0 Å². The van der Waals surface area contributed by atoms with Crippen molar-refractivity contribution in [1.82, 2.24) is 9.13 Å². The maximum absolute atomic E-state index is 6.94. The molecule has 0 bridgehead atoms. The van der Waals surface area contributed by atoms with Crippen LogP contribution in [0, 0.1) is 0 Å². The van der Waals surface area contributed by atoms with E-state index in [1.807, 2.05) is 0 Å². The molecule has 0 amide bonds. The topological polar surface area (TPSA) is 19.1 Å². The second-order valence-electron chi connectivity index (χ2n) is 16.1. The van der Waals surface area contributed by atoms with Crippen LogP contribution in [0.5, 0.6) is 11.5 Å². The zero-order chi connectivity index (χ0) is 40.0. The minimum absolute atomic E-state index is 0.871. The van der Waals surface area contributed by atoms with Gasteiger partial charge in [-0.3, -0.25) is 0 Å². The highest BCUT2D eigenvalue weighted by molar-refractivity contribution is 6.25. The molecule has 0 fully saturated rings. The molecule has 1 aliphatic heterocycles. The van der Waals surface area contributed by atoms with Crippen LogP contribution < -0.4 is 4.74 Å². The smallest absolute Gasteiger partial charge is 0.138 e. The van der Waals surface area contributed by atoms with Crippen molar-refractivity contribution in [3.63, 3.8) is 0 Å². The van der Waals surface area contributed by atoms with Crippen LogP contribution in [-0.4, -0.2) is 9.13 Å². The second-order valence-corrected chi connectivity index (χ2v) is 16.1. The Hall–Kier alpha value is -8.14. The Morgan fingerprint density at radius 2 is 0.803 bits per heavy atom. The zero-order valence-electron chi connectivity index (χ0n) is 33.1. The summed E-state index contributed by atoms with van der Waals surface area (Å²) in [5.74, 6) is 1.76. The van der Waals surface area contributed by atoms with Crippen molar-refractivity contribution >= 4 is 54.4 Å². The molecule has 1 aliphatic rings. The molecular weight excluding hydrogens is 741 g/mol. The maximum Gasteiger partial charge on any atom is 0.138 e. The van der Waals surface area contributed by atoms with E-state index in [1.54, 1.807) is 0 Å². The standard InChI is InChI=1S/C58H36N2O/c1-3-13-37(14-4-1)39-15-11-16-40(33-39)41-28-32-53-50(34-41)45-19-7-9-23-51(45)59(53)44-29-25-38(26-30-44)42-27-31-46-47-21-12-22-49-57-48-20-8-10-24-52(48)60(43-17-5-2-6-18-43)54(57)36-56(58(47)49)61-55(46)35-42/h1-36H. The Morgan fingerprint density at radius 3 is 1.62 bits per heavy atom. The van der Waals surface area contributed by atoms with Crippen molar-refractivity contribution in [1.29, 1.82) is 0 Å². The average Bonchev–Trinajstić information content (AvgIpc) is 3.84. The monoisotopic (exact) mass is 776 g/mol. The highest BCUT2D eigenvalue weighted by Crippen LogP contribution is 2.51. The molecule has 2 aromatic heterocycles. The number of ether oxygens (including phenoxy) is 1. The lowest BCUT2D eigenvalue weighted by Gasteiger charge is -2.23. The Labute approximate surface area is 352 Å². The van der Waals surface area contributed by atoms with E-state index in [2.05, 4.69) is 228 Å². The Morgan fingerprint density at radius 1 is 0.262 bits per heavy atom. The number of hydrogen-bond acceptors (Lipinski definition) is 1. The van der Waals surface area contributed by atoms with E-state index in [4.69, 9.17) is 4.74 Å². The largest absolute Gasteiger partial charge is 0.456 e. The van der Waals surface area contributed by atoms with Crippen LogP contribution in [0.25, 0.3) is 110 Å². The lowest BCUT2D eigenvalue weighted by atomic mass is 9.91. The van der Waals surface area contributed by atoms with Crippen LogP contribution in [0.4, 0.5) is 0 Å². The summed E-state index contributed by atoms with van der Waals surface area (Å²) in [5.41, 5.74) is 16.4. The first-order valence-corrected chi connectivity index (χ1v) is 20.9. The van der Waals surface area contributed by atoms with Gasteiger partial charge in [0.05, 0.1) is 22.1 Å². The number of rotatable bonds is 5. The Balaban J connectivity index is 0.884. The predicted octanol–water partition coefficient (Wildman–Crippen LogP) is 15.8. The first-order valence-electron chi connectivity index (χ1n) is 20.9. The van der Waals surface area contributed by atoms with E-state index in [0.29, 0.717) is 0 Å². The first kappa shape index (κ1) is 33.8. The number of para-hydroxylation sites is 3. The van der Waals surface area contributed by atoms with Gasteiger partial charge in [0.2, 0.25) is 0 Å². The van der Waals surface area contributed by atoms with Crippen molar-refractivity contribution in [2.75, 3.05) is 0 Å². The van der Waals surface area contributed by atoms with Crippen LogP contribution in [0.2, 0.25) is 0 Å². The molecule has 0 atom stereocenters. The fourth-order valence-electron chi connectivity index (χ4n) is 9.93. The molecule has 10 aromatic carbocycles. The molecule has 0 saturated heterocycles. The minimum atomic E-state index is 0.871. The molecule has 13 rings (SSSR count). The summed E-state index contributed by atoms with van der Waals surface area (Å²) < 4.78 is 11.7. The van der Waals surface area contributed by atoms with Gasteiger partial charge in [0, 0.05) is 49.9 Å². The van der Waals surface area contributed by atoms with Gasteiger partial charge in [-0.2, -0.15) is 0 Å². The SMILES string of the molecule is c1ccc(-c2cccc(-c3ccc4c(c3)c3ccccc3n4-c3ccc(-c4ccc5c(c4)Oc4cc6c(c7cccc-5c47)c4ccccc4n6-c4ccccc4)cc3)c2)cc1. The lowest BCUT2D eigenvalue weighted by molar-refractivity contribution is 0.488. The summed E-state index contributed by atoms with van der Waals surface area (Å²) in [6.45, 7) is 0. The summed E-state index contributed by atoms with van der Waals surface area (Å²) in [4.78, 5) is 0. The predicted molar refractivity (Wildman–Crippen MR) is 254 cm³/mol. The van der Waals surface area contributed by atoms with E-state index in [1.165, 1.54) is 71.3 Å². The van der Waals surface area contributed by atoms with Crippen LogP contribution in [-0.2, 0) is 0 Å². The molecule has 3 nitrogen and oxygen atoms in total. The molecule has 0 radical (unpaired) electrons. The highest BCUT2D eigenvalue weighted by Gasteiger charge is 2.25. The Bertz CT molecular complexity index is 3710. The molecule has 12 aromatic rings. The Kier molecular flexibility index (Phi) is 7.31. The van der Waals surface area contributed by atoms with E-state index >= 15 is 0 Å². The fourth-order valence-corrected chi connectivity index (χ4v) is 9.93. The third kappa shape index (κ3) is 5.17. The van der Waals surface area contributed by atoms with Crippen molar-refractivity contribution in [3.8, 4) is 67.4 Å². The molecular formula is C58H36N2O. The van der Waals surface area contributed by atoms with Crippen LogP contribution in [0.15, 0.2) is 218 Å². The maximum atomic E-state index is 6.94. The third-order valence-corrected chi connectivity index (χ3v) is 12.7. The number of benzene rings is 10. The second kappa shape index (κ2) is 13.2. The van der Waals surface area contributed by atoms with E-state index in [9.17, 15) is 0 Å². The van der Waals surface area contributed by atoms with Gasteiger partial charge in [0.15, 0.2) is 0 Å².